The second-order valence-electron chi connectivity index (χ2n) is 8.48. The number of carbonyl (C=O) groups excluding carboxylic acids is 1. The Morgan fingerprint density at radius 2 is 1.78 bits per heavy atom. The number of anilines is 4. The summed E-state index contributed by atoms with van der Waals surface area (Å²) in [6.07, 6.45) is 1.34. The zero-order valence-electron chi connectivity index (χ0n) is 19.9. The molecule has 2 aromatic carbocycles. The Morgan fingerprint density at radius 1 is 1.00 bits per heavy atom. The normalized spacial score (nSPS) is 14.0. The summed E-state index contributed by atoms with van der Waals surface area (Å²) in [5, 5.41) is 6.20. The van der Waals surface area contributed by atoms with E-state index in [2.05, 4.69) is 42.4 Å². The Bertz CT molecular complexity index is 1350. The fraction of sp³-hybridized carbons (Fsp3) is 0.240. The number of oxazole rings is 1. The molecule has 2 N–H and O–H groups in total. The molecule has 11 heteroatoms. The second-order valence-corrected chi connectivity index (χ2v) is 8.89. The van der Waals surface area contributed by atoms with Crippen molar-refractivity contribution >= 4 is 41.1 Å². The molecule has 1 amide bonds. The quantitative estimate of drug-likeness (QED) is 0.398. The van der Waals surface area contributed by atoms with Crippen molar-refractivity contribution in [3.8, 4) is 11.4 Å². The third kappa shape index (κ3) is 5.29. The van der Waals surface area contributed by atoms with E-state index in [1.807, 2.05) is 49.4 Å². The number of hydrogen-bond donors (Lipinski definition) is 2. The van der Waals surface area contributed by atoms with Crippen LogP contribution in [0.15, 0.2) is 59.1 Å². The highest BCUT2D eigenvalue weighted by Gasteiger charge is 2.20. The Balaban J connectivity index is 1.39. The molecular formula is C25H25ClN8O2. The van der Waals surface area contributed by atoms with Gasteiger partial charge in [-0.3, -0.25) is 10.1 Å². The molecule has 0 saturated carbocycles. The van der Waals surface area contributed by atoms with Gasteiger partial charge in [-0.25, -0.2) is 4.98 Å². The molecule has 0 aliphatic carbocycles. The van der Waals surface area contributed by atoms with E-state index in [0.29, 0.717) is 22.5 Å². The summed E-state index contributed by atoms with van der Waals surface area (Å²) in [7, 11) is 2.09. The average molecular weight is 505 g/mol. The van der Waals surface area contributed by atoms with Crippen LogP contribution in [0.25, 0.3) is 11.4 Å². The van der Waals surface area contributed by atoms with Crippen molar-refractivity contribution in [2.24, 2.45) is 0 Å². The molecule has 10 nitrogen and oxygen atoms in total. The predicted octanol–water partition coefficient (Wildman–Crippen LogP) is 4.24. The number of halogens is 1. The smallest absolute Gasteiger partial charge is 0.302 e. The van der Waals surface area contributed by atoms with E-state index in [1.165, 1.54) is 6.20 Å². The van der Waals surface area contributed by atoms with Crippen molar-refractivity contribution in [2.45, 2.75) is 6.92 Å². The van der Waals surface area contributed by atoms with Crippen LogP contribution in [0, 0.1) is 6.92 Å². The van der Waals surface area contributed by atoms with E-state index in [4.69, 9.17) is 21.0 Å². The van der Waals surface area contributed by atoms with Crippen LogP contribution in [0.2, 0.25) is 5.02 Å². The maximum atomic E-state index is 12.7. The summed E-state index contributed by atoms with van der Waals surface area (Å²) in [5.41, 5.74) is 2.22. The SMILES string of the molecule is Cc1cccc(Cl)c1NC(=O)c1cnc(Nc2nc(-c3ccccc3)nc(N3CCN(C)CC3)n2)o1. The minimum atomic E-state index is -0.467. The van der Waals surface area contributed by atoms with Crippen LogP contribution in [0.4, 0.5) is 23.6 Å². The number of nitrogens with zero attached hydrogens (tertiary/aromatic N) is 6. The average Bonchev–Trinajstić information content (AvgIpc) is 3.35. The number of carbonyl (C=O) groups is 1. The van der Waals surface area contributed by atoms with Crippen molar-refractivity contribution in [1.29, 1.82) is 0 Å². The van der Waals surface area contributed by atoms with Crippen LogP contribution in [0.3, 0.4) is 0 Å². The Labute approximate surface area is 213 Å². The third-order valence-electron chi connectivity index (χ3n) is 5.85. The molecule has 1 saturated heterocycles. The number of hydrogen-bond acceptors (Lipinski definition) is 9. The number of aryl methyl sites for hydroxylation is 1. The first-order valence-electron chi connectivity index (χ1n) is 11.5. The van der Waals surface area contributed by atoms with Gasteiger partial charge in [0.25, 0.3) is 5.91 Å². The van der Waals surface area contributed by atoms with Gasteiger partial charge in [0.05, 0.1) is 16.9 Å². The van der Waals surface area contributed by atoms with Gasteiger partial charge in [0.15, 0.2) is 5.82 Å². The molecule has 1 aliphatic heterocycles. The molecule has 0 atom stereocenters. The van der Waals surface area contributed by atoms with Gasteiger partial charge in [-0.1, -0.05) is 54.1 Å². The summed E-state index contributed by atoms with van der Waals surface area (Å²) in [6, 6.07) is 15.2. The zero-order valence-corrected chi connectivity index (χ0v) is 20.7. The lowest BCUT2D eigenvalue weighted by atomic mass is 10.2. The molecular weight excluding hydrogens is 480 g/mol. The number of aromatic nitrogens is 4. The van der Waals surface area contributed by atoms with Crippen LogP contribution in [0.1, 0.15) is 16.1 Å². The maximum Gasteiger partial charge on any atom is 0.302 e. The second kappa shape index (κ2) is 10.3. The number of rotatable bonds is 6. The molecule has 36 heavy (non-hydrogen) atoms. The molecule has 3 heterocycles. The molecule has 2 aromatic heterocycles. The van der Waals surface area contributed by atoms with Crippen LogP contribution in [0.5, 0.6) is 0 Å². The van der Waals surface area contributed by atoms with E-state index in [0.717, 1.165) is 37.3 Å². The van der Waals surface area contributed by atoms with Crippen LogP contribution in [-0.2, 0) is 0 Å². The highest BCUT2D eigenvalue weighted by molar-refractivity contribution is 6.34. The molecule has 1 fully saturated rings. The fourth-order valence-corrected chi connectivity index (χ4v) is 4.05. The van der Waals surface area contributed by atoms with E-state index >= 15 is 0 Å². The Kier molecular flexibility index (Phi) is 6.79. The third-order valence-corrected chi connectivity index (χ3v) is 6.17. The first-order valence-corrected chi connectivity index (χ1v) is 11.9. The Hall–Kier alpha value is -4.02. The summed E-state index contributed by atoms with van der Waals surface area (Å²) < 4.78 is 5.65. The molecule has 5 rings (SSSR count). The minimum absolute atomic E-state index is 0.0217. The Morgan fingerprint density at radius 3 is 2.53 bits per heavy atom. The minimum Gasteiger partial charge on any atom is -0.418 e. The maximum absolute atomic E-state index is 12.7. The molecule has 0 unspecified atom stereocenters. The highest BCUT2D eigenvalue weighted by Crippen LogP contribution is 2.27. The van der Waals surface area contributed by atoms with E-state index in [1.54, 1.807) is 6.07 Å². The topological polar surface area (TPSA) is 112 Å². The lowest BCUT2D eigenvalue weighted by Crippen LogP contribution is -2.45. The number of benzene rings is 2. The highest BCUT2D eigenvalue weighted by atomic mass is 35.5. The van der Waals surface area contributed by atoms with Gasteiger partial charge in [-0.15, -0.1) is 0 Å². The fourth-order valence-electron chi connectivity index (χ4n) is 3.78. The van der Waals surface area contributed by atoms with Crippen molar-refractivity contribution < 1.29 is 9.21 Å². The standard InChI is InChI=1S/C25H25ClN8O2/c1-16-7-6-10-18(26)20(16)28-22(35)19-15-27-25(36-19)32-23-29-21(17-8-4-3-5-9-17)30-24(31-23)34-13-11-33(2)12-14-34/h3-10,15H,11-14H2,1-2H3,(H,28,35)(H,27,29,30,31,32). The molecule has 0 bridgehead atoms. The van der Waals surface area contributed by atoms with Crippen molar-refractivity contribution in [3.05, 3.63) is 71.1 Å². The molecule has 0 spiro atoms. The van der Waals surface area contributed by atoms with Gasteiger partial charge < -0.3 is 19.5 Å². The number of amides is 1. The number of piperazine rings is 1. The molecule has 1 aliphatic rings. The van der Waals surface area contributed by atoms with Crippen molar-refractivity contribution in [1.82, 2.24) is 24.8 Å². The summed E-state index contributed by atoms with van der Waals surface area (Å²) in [5.74, 6) is 0.923. The van der Waals surface area contributed by atoms with Gasteiger partial charge in [0.1, 0.15) is 0 Å². The molecule has 4 aromatic rings. The van der Waals surface area contributed by atoms with Gasteiger partial charge in [0, 0.05) is 31.7 Å². The van der Waals surface area contributed by atoms with Crippen LogP contribution < -0.4 is 15.5 Å². The van der Waals surface area contributed by atoms with Crippen LogP contribution >= 0.6 is 11.6 Å². The first kappa shape index (κ1) is 23.7. The lowest BCUT2D eigenvalue weighted by Gasteiger charge is -2.32. The first-order chi connectivity index (χ1) is 17.5. The van der Waals surface area contributed by atoms with Gasteiger partial charge in [-0.2, -0.15) is 15.0 Å². The largest absolute Gasteiger partial charge is 0.418 e. The number of likely N-dealkylation sites (N-methyl/N-ethyl adjacent to an activating group) is 1. The van der Waals surface area contributed by atoms with Crippen molar-refractivity contribution in [2.75, 3.05) is 48.8 Å². The number of para-hydroxylation sites is 1. The van der Waals surface area contributed by atoms with Crippen LogP contribution in [-0.4, -0.2) is 64.0 Å². The predicted molar refractivity (Wildman–Crippen MR) is 139 cm³/mol. The zero-order chi connectivity index (χ0) is 25.1. The van der Waals surface area contributed by atoms with Gasteiger partial charge in [0.2, 0.25) is 17.7 Å². The van der Waals surface area contributed by atoms with Gasteiger partial charge in [-0.05, 0) is 25.6 Å². The van der Waals surface area contributed by atoms with Gasteiger partial charge >= 0.3 is 6.01 Å². The summed E-state index contributed by atoms with van der Waals surface area (Å²) >= 11 is 6.22. The van der Waals surface area contributed by atoms with E-state index < -0.39 is 5.91 Å². The van der Waals surface area contributed by atoms with Crippen molar-refractivity contribution in [3.63, 3.8) is 0 Å². The number of nitrogens with one attached hydrogen (secondary N) is 2. The summed E-state index contributed by atoms with van der Waals surface area (Å²) in [6.45, 7) is 5.30. The molecule has 0 radical (unpaired) electrons. The summed E-state index contributed by atoms with van der Waals surface area (Å²) in [4.78, 5) is 35.2. The monoisotopic (exact) mass is 504 g/mol. The molecule has 184 valence electrons. The van der Waals surface area contributed by atoms with E-state index in [9.17, 15) is 4.79 Å². The van der Waals surface area contributed by atoms with E-state index in [-0.39, 0.29) is 17.7 Å². The lowest BCUT2D eigenvalue weighted by molar-refractivity contribution is 0.0997.